The van der Waals surface area contributed by atoms with Gasteiger partial charge in [-0.3, -0.25) is 4.98 Å². The van der Waals surface area contributed by atoms with E-state index in [2.05, 4.69) is 34.6 Å². The number of nitrogens with zero attached hydrogens (tertiary/aromatic N) is 1. The molecule has 0 unspecified atom stereocenters. The maximum atomic E-state index is 9.15. The van der Waals surface area contributed by atoms with Crippen LogP contribution in [-0.2, 0) is 6.42 Å². The van der Waals surface area contributed by atoms with Gasteiger partial charge in [0.15, 0.2) is 0 Å². The highest BCUT2D eigenvalue weighted by Gasteiger charge is 2.01. The number of hydrogen-bond acceptors (Lipinski definition) is 3. The Morgan fingerprint density at radius 1 is 1.29 bits per heavy atom. The molecule has 1 heterocycles. The van der Waals surface area contributed by atoms with Crippen LogP contribution in [0.1, 0.15) is 12.5 Å². The van der Waals surface area contributed by atoms with Gasteiger partial charge in [0.2, 0.25) is 0 Å². The van der Waals surface area contributed by atoms with Crippen molar-refractivity contribution in [2.75, 3.05) is 13.1 Å². The van der Waals surface area contributed by atoms with Crippen LogP contribution in [0.15, 0.2) is 36.5 Å². The first-order chi connectivity index (χ1) is 8.27. The van der Waals surface area contributed by atoms with Crippen LogP contribution in [-0.4, -0.2) is 29.3 Å². The molecule has 0 aliphatic heterocycles. The van der Waals surface area contributed by atoms with Crippen molar-refractivity contribution in [1.29, 1.82) is 0 Å². The molecule has 90 valence electrons. The molecule has 17 heavy (non-hydrogen) atoms. The Morgan fingerprint density at radius 3 is 2.94 bits per heavy atom. The summed E-state index contributed by atoms with van der Waals surface area (Å²) >= 11 is 0. The van der Waals surface area contributed by atoms with Gasteiger partial charge in [0.25, 0.3) is 0 Å². The predicted molar refractivity (Wildman–Crippen MR) is 70.0 cm³/mol. The number of para-hydroxylation sites is 1. The first-order valence-corrected chi connectivity index (χ1v) is 5.99. The molecule has 0 spiro atoms. The summed E-state index contributed by atoms with van der Waals surface area (Å²) in [7, 11) is 0. The standard InChI is InChI=1S/C14H18N2O/c1-11(17)10-15-9-7-13-5-2-4-12-6-3-8-16-14(12)13/h2-6,8,11,15,17H,7,9-10H2,1H3/t11-/m1/s1. The van der Waals surface area contributed by atoms with Gasteiger partial charge in [-0.05, 0) is 31.5 Å². The number of pyridine rings is 1. The molecule has 0 radical (unpaired) electrons. The Kier molecular flexibility index (Phi) is 4.07. The Morgan fingerprint density at radius 2 is 2.12 bits per heavy atom. The molecule has 2 rings (SSSR count). The molecule has 0 saturated heterocycles. The first kappa shape index (κ1) is 12.0. The van der Waals surface area contributed by atoms with Crippen LogP contribution in [0.2, 0.25) is 0 Å². The van der Waals surface area contributed by atoms with Crippen molar-refractivity contribution < 1.29 is 5.11 Å². The molecule has 0 saturated carbocycles. The maximum absolute atomic E-state index is 9.15. The fraction of sp³-hybridized carbons (Fsp3) is 0.357. The summed E-state index contributed by atoms with van der Waals surface area (Å²) in [6, 6.07) is 10.3. The minimum absolute atomic E-state index is 0.291. The van der Waals surface area contributed by atoms with E-state index in [-0.39, 0.29) is 6.10 Å². The molecular weight excluding hydrogens is 212 g/mol. The summed E-state index contributed by atoms with van der Waals surface area (Å²) < 4.78 is 0. The number of aliphatic hydroxyl groups is 1. The monoisotopic (exact) mass is 230 g/mol. The van der Waals surface area contributed by atoms with Crippen LogP contribution in [0.25, 0.3) is 10.9 Å². The van der Waals surface area contributed by atoms with Crippen LogP contribution in [0.3, 0.4) is 0 Å². The zero-order valence-electron chi connectivity index (χ0n) is 10.1. The van der Waals surface area contributed by atoms with Gasteiger partial charge in [-0.1, -0.05) is 24.3 Å². The Labute approximate surface area is 102 Å². The average molecular weight is 230 g/mol. The minimum Gasteiger partial charge on any atom is -0.392 e. The second-order valence-corrected chi connectivity index (χ2v) is 4.30. The summed E-state index contributed by atoms with van der Waals surface area (Å²) in [5.41, 5.74) is 2.33. The lowest BCUT2D eigenvalue weighted by molar-refractivity contribution is 0.191. The molecular formula is C14H18N2O. The lowest BCUT2D eigenvalue weighted by Gasteiger charge is -2.08. The van der Waals surface area contributed by atoms with E-state index in [1.165, 1.54) is 10.9 Å². The number of rotatable bonds is 5. The zero-order valence-corrected chi connectivity index (χ0v) is 10.1. The smallest absolute Gasteiger partial charge is 0.0734 e. The predicted octanol–water partition coefficient (Wildman–Crippen LogP) is 1.75. The van der Waals surface area contributed by atoms with E-state index in [4.69, 9.17) is 5.11 Å². The van der Waals surface area contributed by atoms with Crippen LogP contribution in [0, 0.1) is 0 Å². The molecule has 1 aromatic heterocycles. The van der Waals surface area contributed by atoms with Gasteiger partial charge in [-0.2, -0.15) is 0 Å². The van der Waals surface area contributed by atoms with Crippen molar-refractivity contribution in [3.8, 4) is 0 Å². The molecule has 0 fully saturated rings. The number of aliphatic hydroxyl groups excluding tert-OH is 1. The zero-order chi connectivity index (χ0) is 12.1. The third-order valence-electron chi connectivity index (χ3n) is 2.73. The third kappa shape index (κ3) is 3.25. The SMILES string of the molecule is C[C@@H](O)CNCCc1cccc2cccnc12. The molecule has 0 aliphatic rings. The number of hydrogen-bond donors (Lipinski definition) is 2. The van der Waals surface area contributed by atoms with E-state index >= 15 is 0 Å². The van der Waals surface area contributed by atoms with Crippen LogP contribution in [0.5, 0.6) is 0 Å². The minimum atomic E-state index is -0.291. The van der Waals surface area contributed by atoms with Crippen LogP contribution < -0.4 is 5.32 Å². The quantitative estimate of drug-likeness (QED) is 0.769. The van der Waals surface area contributed by atoms with Crippen LogP contribution in [0.4, 0.5) is 0 Å². The molecule has 0 aliphatic carbocycles. The normalized spacial score (nSPS) is 12.8. The number of aromatic nitrogens is 1. The highest BCUT2D eigenvalue weighted by Crippen LogP contribution is 2.15. The van der Waals surface area contributed by atoms with E-state index in [0.29, 0.717) is 6.54 Å². The molecule has 3 heteroatoms. The molecule has 3 nitrogen and oxygen atoms in total. The van der Waals surface area contributed by atoms with Gasteiger partial charge in [-0.25, -0.2) is 0 Å². The van der Waals surface area contributed by atoms with Crippen molar-refractivity contribution in [2.24, 2.45) is 0 Å². The molecule has 1 aromatic carbocycles. The Bertz CT molecular complexity index is 477. The van der Waals surface area contributed by atoms with Crippen molar-refractivity contribution in [3.63, 3.8) is 0 Å². The Balaban J connectivity index is 2.03. The number of nitrogens with one attached hydrogen (secondary N) is 1. The molecule has 2 N–H and O–H groups in total. The van der Waals surface area contributed by atoms with Gasteiger partial charge in [0.1, 0.15) is 0 Å². The Hall–Kier alpha value is -1.45. The molecule has 0 amide bonds. The largest absolute Gasteiger partial charge is 0.392 e. The molecule has 1 atom stereocenters. The highest BCUT2D eigenvalue weighted by atomic mass is 16.3. The van der Waals surface area contributed by atoms with E-state index in [9.17, 15) is 0 Å². The van der Waals surface area contributed by atoms with E-state index in [1.807, 2.05) is 12.3 Å². The van der Waals surface area contributed by atoms with E-state index < -0.39 is 0 Å². The van der Waals surface area contributed by atoms with Crippen molar-refractivity contribution >= 4 is 10.9 Å². The van der Waals surface area contributed by atoms with Gasteiger partial charge >= 0.3 is 0 Å². The maximum Gasteiger partial charge on any atom is 0.0734 e. The number of benzene rings is 1. The topological polar surface area (TPSA) is 45.1 Å². The molecule has 2 aromatic rings. The van der Waals surface area contributed by atoms with E-state index in [1.54, 1.807) is 6.92 Å². The number of fused-ring (bicyclic) bond motifs is 1. The average Bonchev–Trinajstić information content (AvgIpc) is 2.34. The van der Waals surface area contributed by atoms with Crippen LogP contribution >= 0.6 is 0 Å². The summed E-state index contributed by atoms with van der Waals surface area (Å²) in [5, 5.41) is 13.5. The molecule has 0 bridgehead atoms. The lowest BCUT2D eigenvalue weighted by Crippen LogP contribution is -2.26. The van der Waals surface area contributed by atoms with Gasteiger partial charge < -0.3 is 10.4 Å². The summed E-state index contributed by atoms with van der Waals surface area (Å²) in [6.07, 6.45) is 2.47. The summed E-state index contributed by atoms with van der Waals surface area (Å²) in [4.78, 5) is 4.42. The summed E-state index contributed by atoms with van der Waals surface area (Å²) in [6.45, 7) is 3.28. The van der Waals surface area contributed by atoms with Gasteiger partial charge in [0.05, 0.1) is 11.6 Å². The van der Waals surface area contributed by atoms with Crippen molar-refractivity contribution in [3.05, 3.63) is 42.1 Å². The van der Waals surface area contributed by atoms with Crippen molar-refractivity contribution in [2.45, 2.75) is 19.4 Å². The lowest BCUT2D eigenvalue weighted by atomic mass is 10.1. The fourth-order valence-corrected chi connectivity index (χ4v) is 1.90. The highest BCUT2D eigenvalue weighted by molar-refractivity contribution is 5.81. The third-order valence-corrected chi connectivity index (χ3v) is 2.73. The second-order valence-electron chi connectivity index (χ2n) is 4.30. The van der Waals surface area contributed by atoms with E-state index in [0.717, 1.165) is 18.5 Å². The van der Waals surface area contributed by atoms with Gasteiger partial charge in [-0.15, -0.1) is 0 Å². The first-order valence-electron chi connectivity index (χ1n) is 5.99. The second kappa shape index (κ2) is 5.75. The van der Waals surface area contributed by atoms with Gasteiger partial charge in [0, 0.05) is 18.1 Å². The fourth-order valence-electron chi connectivity index (χ4n) is 1.90. The summed E-state index contributed by atoms with van der Waals surface area (Å²) in [5.74, 6) is 0. The van der Waals surface area contributed by atoms with Crippen molar-refractivity contribution in [1.82, 2.24) is 10.3 Å².